The molecule has 1 fully saturated rings. The van der Waals surface area contributed by atoms with Gasteiger partial charge in [-0.3, -0.25) is 0 Å². The highest BCUT2D eigenvalue weighted by Gasteiger charge is 2.50. The summed E-state index contributed by atoms with van der Waals surface area (Å²) in [4.78, 5) is 0. The van der Waals surface area contributed by atoms with E-state index < -0.39 is 0 Å². The SMILES string of the molecule is CC.CC1(C)C2=C(C=CC3CC23)c2ccc3ccccc3c21. The Kier molecular flexibility index (Phi) is 2.88. The van der Waals surface area contributed by atoms with Gasteiger partial charge in [0.05, 0.1) is 0 Å². The summed E-state index contributed by atoms with van der Waals surface area (Å²) in [5, 5.41) is 2.81. The van der Waals surface area contributed by atoms with Crippen LogP contribution in [0.5, 0.6) is 0 Å². The van der Waals surface area contributed by atoms with Crippen molar-refractivity contribution in [1.82, 2.24) is 0 Å². The topological polar surface area (TPSA) is 0 Å². The first kappa shape index (κ1) is 13.8. The van der Waals surface area contributed by atoms with Crippen LogP contribution in [0.15, 0.2) is 54.1 Å². The van der Waals surface area contributed by atoms with Crippen molar-refractivity contribution in [2.45, 2.75) is 39.5 Å². The normalized spacial score (nSPS) is 26.0. The highest BCUT2D eigenvalue weighted by Crippen LogP contribution is 2.61. The predicted octanol–water partition coefficient (Wildman–Crippen LogP) is 6.12. The zero-order chi connectivity index (χ0) is 15.5. The van der Waals surface area contributed by atoms with Crippen LogP contribution in [0.25, 0.3) is 16.3 Å². The molecule has 0 heteroatoms. The first-order chi connectivity index (χ1) is 10.7. The van der Waals surface area contributed by atoms with Gasteiger partial charge >= 0.3 is 0 Å². The molecule has 0 heterocycles. The van der Waals surface area contributed by atoms with Gasteiger partial charge in [-0.25, -0.2) is 0 Å². The molecular weight excluding hydrogens is 264 g/mol. The van der Waals surface area contributed by atoms with Gasteiger partial charge in [-0.05, 0) is 51.3 Å². The molecule has 22 heavy (non-hydrogen) atoms. The van der Waals surface area contributed by atoms with Crippen molar-refractivity contribution in [3.05, 3.63) is 65.3 Å². The maximum Gasteiger partial charge on any atom is 0.0130 e. The fourth-order valence-electron chi connectivity index (χ4n) is 4.61. The Labute approximate surface area is 133 Å². The van der Waals surface area contributed by atoms with Gasteiger partial charge in [-0.1, -0.05) is 76.2 Å². The molecular formula is C22H24. The van der Waals surface area contributed by atoms with Crippen molar-refractivity contribution in [1.29, 1.82) is 0 Å². The third-order valence-electron chi connectivity index (χ3n) is 5.53. The summed E-state index contributed by atoms with van der Waals surface area (Å²) in [7, 11) is 0. The number of rotatable bonds is 0. The lowest BCUT2D eigenvalue weighted by molar-refractivity contribution is 0.596. The molecule has 1 saturated carbocycles. The van der Waals surface area contributed by atoms with E-state index in [9.17, 15) is 0 Å². The monoisotopic (exact) mass is 288 g/mol. The second kappa shape index (κ2) is 4.59. The Morgan fingerprint density at radius 2 is 1.77 bits per heavy atom. The number of hydrogen-bond acceptors (Lipinski definition) is 0. The first-order valence-corrected chi connectivity index (χ1v) is 8.63. The molecule has 0 aromatic heterocycles. The van der Waals surface area contributed by atoms with Crippen molar-refractivity contribution in [3.8, 4) is 0 Å². The van der Waals surface area contributed by atoms with Crippen LogP contribution in [0.1, 0.15) is 45.2 Å². The lowest BCUT2D eigenvalue weighted by Gasteiger charge is -2.27. The van der Waals surface area contributed by atoms with Gasteiger partial charge < -0.3 is 0 Å². The molecule has 2 atom stereocenters. The number of allylic oxidation sites excluding steroid dienone is 4. The van der Waals surface area contributed by atoms with Gasteiger partial charge in [0.1, 0.15) is 0 Å². The minimum absolute atomic E-state index is 0.190. The molecule has 2 unspecified atom stereocenters. The van der Waals surface area contributed by atoms with Gasteiger partial charge in [0, 0.05) is 5.41 Å². The maximum atomic E-state index is 2.43. The van der Waals surface area contributed by atoms with E-state index >= 15 is 0 Å². The third-order valence-corrected chi connectivity index (χ3v) is 5.53. The van der Waals surface area contributed by atoms with Crippen LogP contribution in [0.4, 0.5) is 0 Å². The number of hydrogen-bond donors (Lipinski definition) is 0. The van der Waals surface area contributed by atoms with E-state index in [2.05, 4.69) is 62.4 Å². The van der Waals surface area contributed by atoms with E-state index in [-0.39, 0.29) is 5.41 Å². The zero-order valence-electron chi connectivity index (χ0n) is 14.0. The molecule has 0 saturated heterocycles. The van der Waals surface area contributed by atoms with Crippen LogP contribution in [0.3, 0.4) is 0 Å². The van der Waals surface area contributed by atoms with Crippen LogP contribution in [0, 0.1) is 11.8 Å². The second-order valence-corrected chi connectivity index (χ2v) is 7.03. The quantitative estimate of drug-likeness (QED) is 0.548. The Hall–Kier alpha value is -1.82. The van der Waals surface area contributed by atoms with Gasteiger partial charge in [0.25, 0.3) is 0 Å². The molecule has 5 rings (SSSR count). The molecule has 0 nitrogen and oxygen atoms in total. The van der Waals surface area contributed by atoms with Crippen LogP contribution in [-0.4, -0.2) is 0 Å². The van der Waals surface area contributed by atoms with E-state index in [1.54, 1.807) is 11.1 Å². The molecule has 0 aliphatic heterocycles. The smallest absolute Gasteiger partial charge is 0.0130 e. The van der Waals surface area contributed by atoms with Crippen LogP contribution >= 0.6 is 0 Å². The van der Waals surface area contributed by atoms with E-state index in [0.717, 1.165) is 11.8 Å². The largest absolute Gasteiger partial charge is 0.0802 e. The fourth-order valence-corrected chi connectivity index (χ4v) is 4.61. The minimum atomic E-state index is 0.190. The molecule has 0 N–H and O–H groups in total. The van der Waals surface area contributed by atoms with Crippen molar-refractivity contribution < 1.29 is 0 Å². The van der Waals surface area contributed by atoms with Crippen LogP contribution in [0.2, 0.25) is 0 Å². The summed E-state index contributed by atoms with van der Waals surface area (Å²) in [5.74, 6) is 1.64. The molecule has 2 aromatic rings. The second-order valence-electron chi connectivity index (χ2n) is 7.03. The van der Waals surface area contributed by atoms with E-state index in [4.69, 9.17) is 0 Å². The van der Waals surface area contributed by atoms with Crippen molar-refractivity contribution in [2.75, 3.05) is 0 Å². The predicted molar refractivity (Wildman–Crippen MR) is 96.0 cm³/mol. The molecule has 0 bridgehead atoms. The van der Waals surface area contributed by atoms with Crippen molar-refractivity contribution in [2.24, 2.45) is 11.8 Å². The van der Waals surface area contributed by atoms with E-state index in [1.165, 1.54) is 28.3 Å². The number of fused-ring (bicyclic) bond motifs is 6. The van der Waals surface area contributed by atoms with Gasteiger partial charge in [-0.15, -0.1) is 0 Å². The summed E-state index contributed by atoms with van der Waals surface area (Å²) in [6.07, 6.45) is 6.19. The average molecular weight is 288 g/mol. The Balaban J connectivity index is 0.000000602. The summed E-state index contributed by atoms with van der Waals surface area (Å²) in [6.45, 7) is 8.85. The summed E-state index contributed by atoms with van der Waals surface area (Å²) in [6, 6.07) is 13.5. The van der Waals surface area contributed by atoms with Crippen molar-refractivity contribution >= 4 is 16.3 Å². The first-order valence-electron chi connectivity index (χ1n) is 8.63. The highest BCUT2D eigenvalue weighted by molar-refractivity contribution is 5.98. The lowest BCUT2D eigenvalue weighted by atomic mass is 9.76. The summed E-state index contributed by atoms with van der Waals surface area (Å²) < 4.78 is 0. The highest BCUT2D eigenvalue weighted by atomic mass is 14.5. The Morgan fingerprint density at radius 3 is 2.59 bits per heavy atom. The van der Waals surface area contributed by atoms with Gasteiger partial charge in [0.15, 0.2) is 0 Å². The standard InChI is InChI=1S/C20H18.C2H6/c1-20(2)18-14-6-4-3-5-12(14)7-9-15(18)16-10-8-13-11-17(13)19(16)20;1-2/h3-10,13,17H,11H2,1-2H3;1-2H3. The van der Waals surface area contributed by atoms with Crippen molar-refractivity contribution in [3.63, 3.8) is 0 Å². The molecule has 3 aliphatic carbocycles. The lowest BCUT2D eigenvalue weighted by Crippen LogP contribution is -2.19. The third kappa shape index (κ3) is 1.64. The minimum Gasteiger partial charge on any atom is -0.0802 e. The molecule has 112 valence electrons. The fraction of sp³-hybridized carbons (Fsp3) is 0.364. The maximum absolute atomic E-state index is 2.43. The molecule has 2 aromatic carbocycles. The molecule has 0 amide bonds. The van der Waals surface area contributed by atoms with Gasteiger partial charge in [0.2, 0.25) is 0 Å². The van der Waals surface area contributed by atoms with E-state index in [0.29, 0.717) is 0 Å². The molecule has 0 radical (unpaired) electrons. The Bertz CT molecular complexity index is 817. The Morgan fingerprint density at radius 1 is 1.00 bits per heavy atom. The van der Waals surface area contributed by atoms with E-state index in [1.807, 2.05) is 13.8 Å². The summed E-state index contributed by atoms with van der Waals surface area (Å²) >= 11 is 0. The van der Waals surface area contributed by atoms with Gasteiger partial charge in [-0.2, -0.15) is 0 Å². The average Bonchev–Trinajstić information content (AvgIpc) is 3.29. The van der Waals surface area contributed by atoms with Crippen LogP contribution in [-0.2, 0) is 5.41 Å². The molecule has 3 aliphatic rings. The summed E-state index contributed by atoms with van der Waals surface area (Å²) in [5.41, 5.74) is 6.45. The van der Waals surface area contributed by atoms with Crippen LogP contribution < -0.4 is 0 Å². The zero-order valence-corrected chi connectivity index (χ0v) is 14.0. The number of benzene rings is 2. The molecule has 0 spiro atoms.